The Labute approximate surface area is 193 Å². The number of carbonyl (C=O) groups excluding carboxylic acids is 2. The summed E-state index contributed by atoms with van der Waals surface area (Å²) in [6.07, 6.45) is 1.73. The Morgan fingerprint density at radius 1 is 1.06 bits per heavy atom. The average molecular weight is 445 g/mol. The van der Waals surface area contributed by atoms with Crippen molar-refractivity contribution in [1.82, 2.24) is 9.88 Å². The number of ketones is 1. The van der Waals surface area contributed by atoms with Crippen molar-refractivity contribution >= 4 is 11.7 Å². The van der Waals surface area contributed by atoms with Crippen molar-refractivity contribution in [1.29, 1.82) is 0 Å². The lowest BCUT2D eigenvalue weighted by Gasteiger charge is -2.22. The largest absolute Gasteiger partial charge is 0.497 e. The lowest BCUT2D eigenvalue weighted by atomic mass is 9.92. The van der Waals surface area contributed by atoms with E-state index in [1.807, 2.05) is 48.5 Å². The van der Waals surface area contributed by atoms with Gasteiger partial charge in [-0.05, 0) is 60.2 Å². The molecule has 0 spiro atoms. The molecule has 1 aromatic heterocycles. The van der Waals surface area contributed by atoms with Gasteiger partial charge < -0.3 is 10.1 Å². The first-order valence-electron chi connectivity index (χ1n) is 11.2. The minimum Gasteiger partial charge on any atom is -0.497 e. The van der Waals surface area contributed by atoms with Gasteiger partial charge in [-0.15, -0.1) is 0 Å². The molecule has 1 heterocycles. The van der Waals surface area contributed by atoms with Gasteiger partial charge in [-0.3, -0.25) is 19.0 Å². The van der Waals surface area contributed by atoms with Gasteiger partial charge >= 0.3 is 0 Å². The van der Waals surface area contributed by atoms with E-state index in [2.05, 4.69) is 19.2 Å². The normalized spacial score (nSPS) is 13.0. The number of ether oxygens (including phenoxy) is 1. The van der Waals surface area contributed by atoms with Crippen LogP contribution in [0.15, 0.2) is 59.4 Å². The number of fused-ring (bicyclic) bond motifs is 1. The zero-order chi connectivity index (χ0) is 23.5. The van der Waals surface area contributed by atoms with Crippen molar-refractivity contribution in [2.45, 2.75) is 45.6 Å². The molecule has 3 aromatic rings. The van der Waals surface area contributed by atoms with Crippen LogP contribution in [0.1, 0.15) is 70.1 Å². The van der Waals surface area contributed by atoms with Gasteiger partial charge in [0.05, 0.1) is 7.11 Å². The summed E-state index contributed by atoms with van der Waals surface area (Å²) in [5.74, 6) is 0.510. The maximum absolute atomic E-state index is 13.5. The Hall–Kier alpha value is -3.67. The van der Waals surface area contributed by atoms with Gasteiger partial charge in [0, 0.05) is 29.9 Å². The third-order valence-electron chi connectivity index (χ3n) is 6.07. The lowest BCUT2D eigenvalue weighted by Crippen LogP contribution is -2.36. The van der Waals surface area contributed by atoms with Crippen LogP contribution < -0.4 is 15.6 Å². The van der Waals surface area contributed by atoms with Crippen LogP contribution in [0.2, 0.25) is 0 Å². The Morgan fingerprint density at radius 3 is 2.52 bits per heavy atom. The lowest BCUT2D eigenvalue weighted by molar-refractivity contribution is 0.0949. The molecule has 4 rings (SSSR count). The van der Waals surface area contributed by atoms with Crippen molar-refractivity contribution in [3.8, 4) is 11.4 Å². The summed E-state index contributed by atoms with van der Waals surface area (Å²) in [5.41, 5.74) is 3.37. The van der Waals surface area contributed by atoms with E-state index in [1.54, 1.807) is 7.11 Å². The number of benzene rings is 2. The molecule has 1 amide bonds. The molecule has 1 N–H and O–H groups in total. The molecule has 1 aliphatic rings. The number of rotatable bonds is 6. The predicted molar refractivity (Wildman–Crippen MR) is 128 cm³/mol. The average Bonchev–Trinajstić information content (AvgIpc) is 2.82. The fourth-order valence-electron chi connectivity index (χ4n) is 4.20. The van der Waals surface area contributed by atoms with Crippen molar-refractivity contribution in [3.63, 3.8) is 0 Å². The molecule has 170 valence electrons. The van der Waals surface area contributed by atoms with Crippen molar-refractivity contribution in [2.75, 3.05) is 7.11 Å². The Bertz CT molecular complexity index is 1260. The second-order valence-corrected chi connectivity index (χ2v) is 8.62. The van der Waals surface area contributed by atoms with Crippen molar-refractivity contribution in [2.24, 2.45) is 0 Å². The number of nitrogens with one attached hydrogen (secondary N) is 1. The molecule has 0 bridgehead atoms. The number of carbonyl (C=O) groups is 2. The third kappa shape index (κ3) is 4.60. The van der Waals surface area contributed by atoms with Gasteiger partial charge in [0.25, 0.3) is 11.5 Å². The van der Waals surface area contributed by atoms with Crippen molar-refractivity contribution < 1.29 is 14.3 Å². The van der Waals surface area contributed by atoms with Crippen LogP contribution in [0.25, 0.3) is 5.69 Å². The third-order valence-corrected chi connectivity index (χ3v) is 6.07. The van der Waals surface area contributed by atoms with Crippen LogP contribution in [0.3, 0.4) is 0 Å². The molecule has 0 atom stereocenters. The zero-order valence-electron chi connectivity index (χ0n) is 19.2. The number of amides is 1. The Kier molecular flexibility index (Phi) is 6.45. The smallest absolute Gasteiger partial charge is 0.268 e. The standard InChI is InChI=1S/C27H28N2O4/c1-17(2)19-10-12-20(13-11-19)29-24-8-5-9-25(30)22(24)15-23(27(29)32)26(31)28-16-18-6-4-7-21(14-18)33-3/h4,6-7,10-15,17H,5,8-9,16H2,1-3H3,(H,28,31). The minimum absolute atomic E-state index is 0.0279. The second kappa shape index (κ2) is 9.45. The van der Waals surface area contributed by atoms with Gasteiger partial charge in [-0.1, -0.05) is 38.1 Å². The van der Waals surface area contributed by atoms with Crippen LogP contribution >= 0.6 is 0 Å². The molecule has 0 aliphatic heterocycles. The van der Waals surface area contributed by atoms with Gasteiger partial charge in [0.15, 0.2) is 5.78 Å². The van der Waals surface area contributed by atoms with E-state index in [9.17, 15) is 14.4 Å². The van der Waals surface area contributed by atoms with E-state index in [4.69, 9.17) is 4.74 Å². The zero-order valence-corrected chi connectivity index (χ0v) is 19.2. The first kappa shape index (κ1) is 22.5. The van der Waals surface area contributed by atoms with E-state index in [1.165, 1.54) is 10.6 Å². The molecule has 6 nitrogen and oxygen atoms in total. The van der Waals surface area contributed by atoms with Crippen LogP contribution in [-0.4, -0.2) is 23.4 Å². The van der Waals surface area contributed by atoms with E-state index in [0.717, 1.165) is 11.1 Å². The van der Waals surface area contributed by atoms with Crippen molar-refractivity contribution in [3.05, 3.63) is 92.9 Å². The molecule has 6 heteroatoms. The molecular formula is C27H28N2O4. The second-order valence-electron chi connectivity index (χ2n) is 8.62. The summed E-state index contributed by atoms with van der Waals surface area (Å²) < 4.78 is 6.76. The molecule has 33 heavy (non-hydrogen) atoms. The monoisotopic (exact) mass is 444 g/mol. The highest BCUT2D eigenvalue weighted by molar-refractivity contribution is 6.01. The molecule has 0 saturated heterocycles. The first-order chi connectivity index (χ1) is 15.9. The molecule has 0 radical (unpaired) electrons. The predicted octanol–water partition coefficient (Wildman–Crippen LogP) is 4.42. The number of methoxy groups -OCH3 is 1. The number of hydrogen-bond donors (Lipinski definition) is 1. The SMILES string of the molecule is COc1cccc(CNC(=O)c2cc3c(n(-c4ccc(C(C)C)cc4)c2=O)CCCC3=O)c1. The van der Waals surface area contributed by atoms with Gasteiger partial charge in [0.2, 0.25) is 0 Å². The molecule has 1 aliphatic carbocycles. The number of Topliss-reactive ketones (excluding diaryl/α,β-unsaturated/α-hetero) is 1. The van der Waals surface area contributed by atoms with Gasteiger partial charge in [-0.25, -0.2) is 0 Å². The summed E-state index contributed by atoms with van der Waals surface area (Å²) in [6.45, 7) is 4.45. The quantitative estimate of drug-likeness (QED) is 0.611. The summed E-state index contributed by atoms with van der Waals surface area (Å²) in [6, 6.07) is 16.6. The maximum Gasteiger partial charge on any atom is 0.268 e. The summed E-state index contributed by atoms with van der Waals surface area (Å²) >= 11 is 0. The highest BCUT2D eigenvalue weighted by Crippen LogP contribution is 2.25. The van der Waals surface area contributed by atoms with Gasteiger partial charge in [0.1, 0.15) is 11.3 Å². The van der Waals surface area contributed by atoms with E-state index >= 15 is 0 Å². The highest BCUT2D eigenvalue weighted by atomic mass is 16.5. The maximum atomic E-state index is 13.5. The van der Waals surface area contributed by atoms with Crippen LogP contribution in [0.5, 0.6) is 5.75 Å². The number of nitrogens with zero attached hydrogens (tertiary/aromatic N) is 1. The van der Waals surface area contributed by atoms with E-state index in [-0.39, 0.29) is 17.9 Å². The fourth-order valence-corrected chi connectivity index (χ4v) is 4.20. The van der Waals surface area contributed by atoms with E-state index in [0.29, 0.717) is 47.9 Å². The Morgan fingerprint density at radius 2 is 1.82 bits per heavy atom. The molecule has 2 aromatic carbocycles. The van der Waals surface area contributed by atoms with Crippen LogP contribution in [-0.2, 0) is 13.0 Å². The molecular weight excluding hydrogens is 416 g/mol. The first-order valence-corrected chi connectivity index (χ1v) is 11.2. The number of aromatic nitrogens is 1. The summed E-state index contributed by atoms with van der Waals surface area (Å²) in [7, 11) is 1.58. The number of pyridine rings is 1. The molecule has 0 saturated carbocycles. The summed E-state index contributed by atoms with van der Waals surface area (Å²) in [5, 5.41) is 2.81. The topological polar surface area (TPSA) is 77.4 Å². The van der Waals surface area contributed by atoms with E-state index < -0.39 is 11.5 Å². The fraction of sp³-hybridized carbons (Fsp3) is 0.296. The molecule has 0 unspecified atom stereocenters. The minimum atomic E-state index is -0.503. The molecule has 0 fully saturated rings. The van der Waals surface area contributed by atoms with Crippen LogP contribution in [0.4, 0.5) is 0 Å². The summed E-state index contributed by atoms with van der Waals surface area (Å²) in [4.78, 5) is 39.2. The highest BCUT2D eigenvalue weighted by Gasteiger charge is 2.26. The number of hydrogen-bond acceptors (Lipinski definition) is 4. The van der Waals surface area contributed by atoms with Gasteiger partial charge in [-0.2, -0.15) is 0 Å². The Balaban J connectivity index is 1.73. The van der Waals surface area contributed by atoms with Crippen LogP contribution in [0, 0.1) is 0 Å².